The zero-order valence-electron chi connectivity index (χ0n) is 16.8. The van der Waals surface area contributed by atoms with E-state index in [1.165, 1.54) is 4.90 Å². The number of benzene rings is 2. The number of aromatic nitrogens is 2. The second kappa shape index (κ2) is 8.81. The van der Waals surface area contributed by atoms with E-state index in [0.717, 1.165) is 34.8 Å². The summed E-state index contributed by atoms with van der Waals surface area (Å²) in [5, 5.41) is 7.75. The third-order valence-electron chi connectivity index (χ3n) is 5.18. The van der Waals surface area contributed by atoms with Gasteiger partial charge in [-0.05, 0) is 36.2 Å². The first-order valence-corrected chi connectivity index (χ1v) is 10.7. The Hall–Kier alpha value is -2.97. The summed E-state index contributed by atoms with van der Waals surface area (Å²) < 4.78 is 5.91. The molecule has 0 spiro atoms. The van der Waals surface area contributed by atoms with E-state index in [9.17, 15) is 0 Å². The quantitative estimate of drug-likeness (QED) is 0.328. The van der Waals surface area contributed by atoms with Gasteiger partial charge in [0.2, 0.25) is 0 Å². The number of nitrogens with zero attached hydrogens (tertiary/aromatic N) is 2. The molecule has 0 bridgehead atoms. The Bertz CT molecular complexity index is 1020. The number of likely N-dealkylation sites (N-methyl/N-ethyl adjacent to an activating group) is 1. The number of fused-ring (bicyclic) bond motifs is 1. The van der Waals surface area contributed by atoms with Gasteiger partial charge < -0.3 is 26.1 Å². The summed E-state index contributed by atoms with van der Waals surface area (Å²) in [7, 11) is 2.08. The summed E-state index contributed by atoms with van der Waals surface area (Å²) in [6, 6.07) is 13.8. The lowest BCUT2D eigenvalue weighted by molar-refractivity contribution is 0.318. The number of imidazole rings is 1. The van der Waals surface area contributed by atoms with Crippen LogP contribution in [0.3, 0.4) is 0 Å². The molecule has 1 aliphatic rings. The second-order valence-corrected chi connectivity index (χ2v) is 8.52. The van der Waals surface area contributed by atoms with Gasteiger partial charge in [0.05, 0.1) is 17.7 Å². The zero-order chi connectivity index (χ0) is 21.1. The molecule has 0 saturated heterocycles. The molecule has 0 amide bonds. The van der Waals surface area contributed by atoms with E-state index in [1.807, 2.05) is 36.5 Å². The number of anilines is 1. The number of hydrogen-bond donors (Lipinski definition) is 4. The fraction of sp³-hybridized carbons (Fsp3) is 0.273. The summed E-state index contributed by atoms with van der Waals surface area (Å²) in [6.07, 6.45) is 5.02. The Morgan fingerprint density at radius 1 is 1.33 bits per heavy atom. The van der Waals surface area contributed by atoms with Gasteiger partial charge >= 0.3 is 0 Å². The number of H-pyrrole nitrogens is 1. The molecule has 1 aromatic heterocycles. The van der Waals surface area contributed by atoms with Gasteiger partial charge in [0.1, 0.15) is 17.4 Å². The Morgan fingerprint density at radius 2 is 2.20 bits per heavy atom. The van der Waals surface area contributed by atoms with Crippen LogP contribution in [-0.2, 0) is 12.8 Å². The molecule has 6 N–H and O–H groups in total. The van der Waals surface area contributed by atoms with Gasteiger partial charge in [0.25, 0.3) is 0 Å². The molecule has 8 heteroatoms. The van der Waals surface area contributed by atoms with Crippen LogP contribution in [0.25, 0.3) is 0 Å². The van der Waals surface area contributed by atoms with Crippen molar-refractivity contribution in [2.24, 2.45) is 11.5 Å². The minimum atomic E-state index is -0.0714. The molecule has 0 radical (unpaired) electrons. The van der Waals surface area contributed by atoms with Crippen molar-refractivity contribution in [3.05, 3.63) is 71.8 Å². The molecule has 0 saturated carbocycles. The molecule has 3 aromatic rings. The van der Waals surface area contributed by atoms with Gasteiger partial charge in [-0.3, -0.25) is 5.41 Å². The van der Waals surface area contributed by atoms with Crippen LogP contribution in [0, 0.1) is 5.41 Å². The topological polar surface area (TPSA) is 117 Å². The van der Waals surface area contributed by atoms with Crippen LogP contribution in [0.15, 0.2) is 59.8 Å². The first kappa shape index (κ1) is 20.3. The standard InChI is InChI=1S/C22H26N6OS/c1-28-18-6-5-16(29-10-7-20-26-8-9-27-20)13-19(18)30-22(28)17(23)12-14-3-2-4-15(11-14)21(24)25/h2-6,8-9,11,13,17,22H,7,10,12,23H2,1H3,(H3,24,25)(H,26,27). The lowest BCUT2D eigenvalue weighted by Gasteiger charge is -2.27. The number of nitrogens with two attached hydrogens (primary N) is 2. The number of amidine groups is 1. The Kier molecular flexibility index (Phi) is 5.96. The highest BCUT2D eigenvalue weighted by Crippen LogP contribution is 2.45. The lowest BCUT2D eigenvalue weighted by Crippen LogP contribution is -2.43. The van der Waals surface area contributed by atoms with E-state index < -0.39 is 0 Å². The van der Waals surface area contributed by atoms with Crippen LogP contribution in [0.5, 0.6) is 5.75 Å². The molecule has 0 aliphatic carbocycles. The highest BCUT2D eigenvalue weighted by atomic mass is 32.2. The largest absolute Gasteiger partial charge is 0.493 e. The van der Waals surface area contributed by atoms with Crippen LogP contribution in [-0.4, -0.2) is 40.9 Å². The van der Waals surface area contributed by atoms with Crippen molar-refractivity contribution in [1.29, 1.82) is 5.41 Å². The van der Waals surface area contributed by atoms with Gasteiger partial charge in [-0.2, -0.15) is 0 Å². The number of thioether (sulfide) groups is 1. The minimum Gasteiger partial charge on any atom is -0.493 e. The molecular weight excluding hydrogens is 396 g/mol. The van der Waals surface area contributed by atoms with Gasteiger partial charge in [-0.1, -0.05) is 30.0 Å². The maximum atomic E-state index is 7.63. The van der Waals surface area contributed by atoms with Crippen LogP contribution in [0.4, 0.5) is 5.69 Å². The molecule has 4 rings (SSSR count). The normalized spacial score (nSPS) is 16.3. The van der Waals surface area contributed by atoms with Crippen molar-refractivity contribution in [2.45, 2.75) is 29.2 Å². The third-order valence-corrected chi connectivity index (χ3v) is 6.67. The van der Waals surface area contributed by atoms with Crippen molar-refractivity contribution in [1.82, 2.24) is 9.97 Å². The first-order chi connectivity index (χ1) is 14.5. The van der Waals surface area contributed by atoms with E-state index in [4.69, 9.17) is 21.6 Å². The van der Waals surface area contributed by atoms with Gasteiger partial charge in [-0.25, -0.2) is 4.98 Å². The van der Waals surface area contributed by atoms with Crippen LogP contribution < -0.4 is 21.1 Å². The van der Waals surface area contributed by atoms with E-state index in [-0.39, 0.29) is 17.3 Å². The maximum absolute atomic E-state index is 7.63. The Balaban J connectivity index is 1.39. The van der Waals surface area contributed by atoms with Crippen molar-refractivity contribution in [3.8, 4) is 5.75 Å². The number of rotatable bonds is 8. The SMILES string of the molecule is CN1c2ccc(OCCc3ncc[nH]3)cc2SC1C(N)Cc1cccc(C(=N)N)c1. The molecule has 2 atom stereocenters. The zero-order valence-corrected chi connectivity index (χ0v) is 17.7. The van der Waals surface area contributed by atoms with E-state index in [1.54, 1.807) is 18.0 Å². The second-order valence-electron chi connectivity index (χ2n) is 7.37. The molecule has 2 unspecified atom stereocenters. The minimum absolute atomic E-state index is 0.0714. The number of hydrogen-bond acceptors (Lipinski definition) is 6. The highest BCUT2D eigenvalue weighted by Gasteiger charge is 2.32. The average Bonchev–Trinajstić information content (AvgIpc) is 3.36. The van der Waals surface area contributed by atoms with Crippen molar-refractivity contribution >= 4 is 23.3 Å². The van der Waals surface area contributed by atoms with Crippen molar-refractivity contribution in [2.75, 3.05) is 18.6 Å². The first-order valence-electron chi connectivity index (χ1n) is 9.85. The molecule has 0 fully saturated rings. The number of aromatic amines is 1. The molecular formula is C22H26N6OS. The fourth-order valence-corrected chi connectivity index (χ4v) is 4.95. The Labute approximate surface area is 180 Å². The van der Waals surface area contributed by atoms with E-state index in [0.29, 0.717) is 13.0 Å². The molecule has 1 aliphatic heterocycles. The molecule has 156 valence electrons. The summed E-state index contributed by atoms with van der Waals surface area (Å²) in [4.78, 5) is 10.7. The predicted molar refractivity (Wildman–Crippen MR) is 121 cm³/mol. The fourth-order valence-electron chi connectivity index (χ4n) is 3.63. The number of nitrogen functional groups attached to an aromatic ring is 1. The summed E-state index contributed by atoms with van der Waals surface area (Å²) >= 11 is 1.76. The van der Waals surface area contributed by atoms with Gasteiger partial charge in [0.15, 0.2) is 0 Å². The molecule has 2 heterocycles. The van der Waals surface area contributed by atoms with Crippen LogP contribution >= 0.6 is 11.8 Å². The maximum Gasteiger partial charge on any atom is 0.122 e. The van der Waals surface area contributed by atoms with Crippen molar-refractivity contribution in [3.63, 3.8) is 0 Å². The summed E-state index contributed by atoms with van der Waals surface area (Å²) in [5.74, 6) is 1.85. The third kappa shape index (κ3) is 4.44. The average molecular weight is 423 g/mol. The molecule has 7 nitrogen and oxygen atoms in total. The van der Waals surface area contributed by atoms with Crippen molar-refractivity contribution < 1.29 is 4.74 Å². The van der Waals surface area contributed by atoms with Crippen LogP contribution in [0.1, 0.15) is 17.0 Å². The highest BCUT2D eigenvalue weighted by molar-refractivity contribution is 8.00. The summed E-state index contributed by atoms with van der Waals surface area (Å²) in [5.41, 5.74) is 15.2. The number of nitrogens with one attached hydrogen (secondary N) is 2. The van der Waals surface area contributed by atoms with E-state index in [2.05, 4.69) is 34.0 Å². The Morgan fingerprint density at radius 3 is 2.97 bits per heavy atom. The molecule has 2 aromatic carbocycles. The van der Waals surface area contributed by atoms with E-state index >= 15 is 0 Å². The lowest BCUT2D eigenvalue weighted by atomic mass is 10.0. The van der Waals surface area contributed by atoms with Gasteiger partial charge in [0, 0.05) is 42.4 Å². The predicted octanol–water partition coefficient (Wildman–Crippen LogP) is 2.75. The van der Waals surface area contributed by atoms with Gasteiger partial charge in [-0.15, -0.1) is 0 Å². The monoisotopic (exact) mass is 422 g/mol. The molecule has 30 heavy (non-hydrogen) atoms. The number of ether oxygens (including phenoxy) is 1. The smallest absolute Gasteiger partial charge is 0.122 e. The van der Waals surface area contributed by atoms with Crippen LogP contribution in [0.2, 0.25) is 0 Å². The summed E-state index contributed by atoms with van der Waals surface area (Å²) in [6.45, 7) is 0.572.